The third-order valence-corrected chi connectivity index (χ3v) is 4.56. The molecule has 1 amide bonds. The molecule has 6 nitrogen and oxygen atoms in total. The third kappa shape index (κ3) is 3.99. The molecule has 2 aromatic heterocycles. The van der Waals surface area contributed by atoms with E-state index in [0.717, 1.165) is 34.7 Å². The summed E-state index contributed by atoms with van der Waals surface area (Å²) in [4.78, 5) is 27.6. The van der Waals surface area contributed by atoms with Gasteiger partial charge < -0.3 is 9.88 Å². The van der Waals surface area contributed by atoms with Crippen molar-refractivity contribution in [1.82, 2.24) is 19.4 Å². The fourth-order valence-corrected chi connectivity index (χ4v) is 3.16. The minimum absolute atomic E-state index is 0.0584. The number of amides is 1. The Morgan fingerprint density at radius 3 is 2.88 bits per heavy atom. The molecule has 24 heavy (non-hydrogen) atoms. The van der Waals surface area contributed by atoms with Crippen LogP contribution in [0.2, 0.25) is 0 Å². The Balaban J connectivity index is 1.58. The van der Waals surface area contributed by atoms with Crippen molar-refractivity contribution in [3.8, 4) is 0 Å². The first-order valence-corrected chi connectivity index (χ1v) is 8.45. The van der Waals surface area contributed by atoms with E-state index in [4.69, 9.17) is 0 Å². The van der Waals surface area contributed by atoms with Crippen molar-refractivity contribution in [3.63, 3.8) is 0 Å². The van der Waals surface area contributed by atoms with Crippen LogP contribution in [0.25, 0.3) is 0 Å². The van der Waals surface area contributed by atoms with Gasteiger partial charge in [0.05, 0.1) is 6.33 Å². The molecule has 0 aliphatic carbocycles. The van der Waals surface area contributed by atoms with Crippen LogP contribution >= 0.6 is 11.3 Å². The lowest BCUT2D eigenvalue weighted by molar-refractivity contribution is -0.121. The average Bonchev–Trinajstić information content (AvgIpc) is 3.18. The van der Waals surface area contributed by atoms with Crippen LogP contribution in [-0.4, -0.2) is 20.0 Å². The van der Waals surface area contributed by atoms with Crippen LogP contribution in [0.4, 0.5) is 0 Å². The fraction of sp³-hybridized carbons (Fsp3) is 0.235. The molecule has 3 aromatic rings. The average molecular weight is 342 g/mol. The number of imidazole rings is 1. The first-order valence-electron chi connectivity index (χ1n) is 7.57. The number of carbonyl (C=O) groups is 1. The SMILES string of the molecule is Cc1csc(=O)n1CC(=O)NCc1cccc(Cn2ccnc2)c1. The van der Waals surface area contributed by atoms with Crippen molar-refractivity contribution in [2.75, 3.05) is 0 Å². The lowest BCUT2D eigenvalue weighted by Gasteiger charge is -2.09. The van der Waals surface area contributed by atoms with Crippen molar-refractivity contribution in [2.24, 2.45) is 0 Å². The van der Waals surface area contributed by atoms with Gasteiger partial charge in [-0.15, -0.1) is 0 Å². The van der Waals surface area contributed by atoms with Gasteiger partial charge in [0, 0.05) is 36.6 Å². The van der Waals surface area contributed by atoms with Crippen LogP contribution in [0.5, 0.6) is 0 Å². The number of rotatable bonds is 6. The number of carbonyl (C=O) groups excluding carboxylic acids is 1. The Kier molecular flexibility index (Phi) is 4.90. The molecule has 0 radical (unpaired) electrons. The summed E-state index contributed by atoms with van der Waals surface area (Å²) in [6.45, 7) is 3.06. The van der Waals surface area contributed by atoms with Gasteiger partial charge in [0.15, 0.2) is 0 Å². The maximum absolute atomic E-state index is 12.1. The summed E-state index contributed by atoms with van der Waals surface area (Å²) in [5.41, 5.74) is 2.97. The fourth-order valence-electron chi connectivity index (χ4n) is 2.43. The summed E-state index contributed by atoms with van der Waals surface area (Å²) < 4.78 is 3.47. The third-order valence-electron chi connectivity index (χ3n) is 3.68. The summed E-state index contributed by atoms with van der Waals surface area (Å²) in [5, 5.41) is 4.62. The van der Waals surface area contributed by atoms with Gasteiger partial charge in [0.2, 0.25) is 5.91 Å². The molecule has 0 saturated carbocycles. The lowest BCUT2D eigenvalue weighted by atomic mass is 10.1. The topological polar surface area (TPSA) is 68.9 Å². The summed E-state index contributed by atoms with van der Waals surface area (Å²) >= 11 is 1.11. The highest BCUT2D eigenvalue weighted by Crippen LogP contribution is 2.07. The van der Waals surface area contributed by atoms with Crippen molar-refractivity contribution in [1.29, 1.82) is 0 Å². The van der Waals surface area contributed by atoms with E-state index in [2.05, 4.69) is 16.4 Å². The van der Waals surface area contributed by atoms with E-state index in [1.54, 1.807) is 17.9 Å². The van der Waals surface area contributed by atoms with Crippen LogP contribution < -0.4 is 10.2 Å². The van der Waals surface area contributed by atoms with E-state index < -0.39 is 0 Å². The second-order valence-corrected chi connectivity index (χ2v) is 6.38. The standard InChI is InChI=1S/C17H18N4O2S/c1-13-11-24-17(23)21(13)10-16(22)19-8-14-3-2-4-15(7-14)9-20-6-5-18-12-20/h2-7,11-12H,8-10H2,1H3,(H,19,22). The smallest absolute Gasteiger partial charge is 0.307 e. The Labute approximate surface area is 143 Å². The Morgan fingerprint density at radius 2 is 2.17 bits per heavy atom. The van der Waals surface area contributed by atoms with E-state index in [0.29, 0.717) is 6.54 Å². The second kappa shape index (κ2) is 7.27. The number of hydrogen-bond acceptors (Lipinski definition) is 4. The Bertz CT molecular complexity index is 880. The van der Waals surface area contributed by atoms with Gasteiger partial charge in [0.25, 0.3) is 0 Å². The van der Waals surface area contributed by atoms with Crippen LogP contribution in [0, 0.1) is 6.92 Å². The molecule has 1 N–H and O–H groups in total. The number of thiazole rings is 1. The van der Waals surface area contributed by atoms with Crippen molar-refractivity contribution in [2.45, 2.75) is 26.6 Å². The molecule has 0 atom stereocenters. The van der Waals surface area contributed by atoms with Gasteiger partial charge in [0.1, 0.15) is 6.54 Å². The van der Waals surface area contributed by atoms with E-state index in [9.17, 15) is 9.59 Å². The number of aryl methyl sites for hydroxylation is 1. The zero-order chi connectivity index (χ0) is 16.9. The number of nitrogens with zero attached hydrogens (tertiary/aromatic N) is 3. The van der Waals surface area contributed by atoms with Crippen molar-refractivity contribution >= 4 is 17.2 Å². The highest BCUT2D eigenvalue weighted by molar-refractivity contribution is 7.07. The predicted molar refractivity (Wildman–Crippen MR) is 92.9 cm³/mol. The molecule has 124 valence electrons. The van der Waals surface area contributed by atoms with Crippen LogP contribution in [-0.2, 0) is 24.4 Å². The molecule has 0 aliphatic rings. The molecule has 3 rings (SSSR count). The zero-order valence-corrected chi connectivity index (χ0v) is 14.1. The number of nitrogens with one attached hydrogen (secondary N) is 1. The maximum Gasteiger partial charge on any atom is 0.307 e. The molecular weight excluding hydrogens is 324 g/mol. The summed E-state index contributed by atoms with van der Waals surface area (Å²) in [5.74, 6) is -0.168. The van der Waals surface area contributed by atoms with Gasteiger partial charge in [-0.1, -0.05) is 35.6 Å². The van der Waals surface area contributed by atoms with Crippen LogP contribution in [0.15, 0.2) is 53.2 Å². The van der Waals surface area contributed by atoms with Crippen LogP contribution in [0.1, 0.15) is 16.8 Å². The van der Waals surface area contributed by atoms with E-state index >= 15 is 0 Å². The largest absolute Gasteiger partial charge is 0.350 e. The minimum atomic E-state index is -0.168. The Morgan fingerprint density at radius 1 is 1.33 bits per heavy atom. The molecule has 0 bridgehead atoms. The molecular formula is C17H18N4O2S. The van der Waals surface area contributed by atoms with Gasteiger partial charge in [-0.2, -0.15) is 0 Å². The monoisotopic (exact) mass is 342 g/mol. The molecule has 2 heterocycles. The van der Waals surface area contributed by atoms with Crippen molar-refractivity contribution in [3.05, 3.63) is 74.9 Å². The maximum atomic E-state index is 12.1. The molecule has 0 spiro atoms. The van der Waals surface area contributed by atoms with Gasteiger partial charge in [-0.3, -0.25) is 14.2 Å². The Hall–Kier alpha value is -2.67. The van der Waals surface area contributed by atoms with E-state index in [-0.39, 0.29) is 17.3 Å². The van der Waals surface area contributed by atoms with Crippen LogP contribution in [0.3, 0.4) is 0 Å². The summed E-state index contributed by atoms with van der Waals surface area (Å²) in [6, 6.07) is 8.04. The summed E-state index contributed by atoms with van der Waals surface area (Å²) in [7, 11) is 0. The zero-order valence-electron chi connectivity index (χ0n) is 13.3. The molecule has 0 fully saturated rings. The minimum Gasteiger partial charge on any atom is -0.350 e. The highest BCUT2D eigenvalue weighted by Gasteiger charge is 2.08. The first-order chi connectivity index (χ1) is 11.6. The molecule has 0 aliphatic heterocycles. The number of aromatic nitrogens is 3. The molecule has 0 unspecified atom stereocenters. The number of hydrogen-bond donors (Lipinski definition) is 1. The molecule has 0 saturated heterocycles. The van der Waals surface area contributed by atoms with E-state index in [1.807, 2.05) is 35.9 Å². The second-order valence-electron chi connectivity index (χ2n) is 5.56. The van der Waals surface area contributed by atoms with E-state index in [1.165, 1.54) is 4.57 Å². The number of benzene rings is 1. The predicted octanol–water partition coefficient (Wildman–Crippen LogP) is 1.78. The quantitative estimate of drug-likeness (QED) is 0.742. The normalized spacial score (nSPS) is 10.7. The van der Waals surface area contributed by atoms with Gasteiger partial charge in [-0.05, 0) is 18.1 Å². The molecule has 1 aromatic carbocycles. The van der Waals surface area contributed by atoms with Crippen molar-refractivity contribution < 1.29 is 4.79 Å². The lowest BCUT2D eigenvalue weighted by Crippen LogP contribution is -2.30. The molecule has 7 heteroatoms. The van der Waals surface area contributed by atoms with Gasteiger partial charge in [-0.25, -0.2) is 4.98 Å². The first kappa shape index (κ1) is 16.2. The summed E-state index contributed by atoms with van der Waals surface area (Å²) in [6.07, 6.45) is 5.43. The van der Waals surface area contributed by atoms with Gasteiger partial charge >= 0.3 is 4.87 Å². The highest BCUT2D eigenvalue weighted by atomic mass is 32.1.